The highest BCUT2D eigenvalue weighted by Gasteiger charge is 2.16. The van der Waals surface area contributed by atoms with E-state index in [1.54, 1.807) is 0 Å². The third kappa shape index (κ3) is 4.76. The summed E-state index contributed by atoms with van der Waals surface area (Å²) in [6, 6.07) is 5.34. The van der Waals surface area contributed by atoms with Crippen LogP contribution in [0.3, 0.4) is 0 Å². The minimum absolute atomic E-state index is 0.0658. The van der Waals surface area contributed by atoms with Crippen LogP contribution in [0.4, 0.5) is 5.69 Å². The van der Waals surface area contributed by atoms with Crippen LogP contribution in [0.2, 0.25) is 0 Å². The normalized spacial score (nSPS) is 17.0. The van der Waals surface area contributed by atoms with Crippen LogP contribution in [-0.4, -0.2) is 66.3 Å². The fourth-order valence-electron chi connectivity index (χ4n) is 2.19. The SMILES string of the molecule is O=C(NCC(O)CN1CCOCC1)c1ccc([N+](=O)[O-])cc1. The van der Waals surface area contributed by atoms with Crippen molar-refractivity contribution in [3.63, 3.8) is 0 Å². The lowest BCUT2D eigenvalue weighted by molar-refractivity contribution is -0.384. The van der Waals surface area contributed by atoms with Gasteiger partial charge in [0.2, 0.25) is 0 Å². The van der Waals surface area contributed by atoms with Crippen molar-refractivity contribution in [3.8, 4) is 0 Å². The number of hydrogen-bond donors (Lipinski definition) is 2. The highest BCUT2D eigenvalue weighted by atomic mass is 16.6. The molecular weight excluding hydrogens is 290 g/mol. The van der Waals surface area contributed by atoms with E-state index in [1.807, 2.05) is 0 Å². The number of nitrogens with zero attached hydrogens (tertiary/aromatic N) is 2. The molecule has 1 saturated heterocycles. The molecule has 1 aromatic carbocycles. The van der Waals surface area contributed by atoms with Gasteiger partial charge in [0.05, 0.1) is 24.2 Å². The van der Waals surface area contributed by atoms with Gasteiger partial charge < -0.3 is 15.2 Å². The summed E-state index contributed by atoms with van der Waals surface area (Å²) in [6.45, 7) is 3.46. The molecule has 2 N–H and O–H groups in total. The smallest absolute Gasteiger partial charge is 0.269 e. The van der Waals surface area contributed by atoms with Crippen molar-refractivity contribution in [3.05, 3.63) is 39.9 Å². The minimum Gasteiger partial charge on any atom is -0.390 e. The molecular formula is C14H19N3O5. The van der Waals surface area contributed by atoms with Crippen molar-refractivity contribution in [1.82, 2.24) is 10.2 Å². The number of nitro groups is 1. The number of ether oxygens (including phenoxy) is 1. The van der Waals surface area contributed by atoms with Gasteiger partial charge in [0.1, 0.15) is 0 Å². The van der Waals surface area contributed by atoms with E-state index in [2.05, 4.69) is 10.2 Å². The number of non-ortho nitro benzene ring substituents is 1. The molecule has 0 bridgehead atoms. The van der Waals surface area contributed by atoms with Crippen molar-refractivity contribution >= 4 is 11.6 Å². The van der Waals surface area contributed by atoms with Crippen LogP contribution in [-0.2, 0) is 4.74 Å². The maximum absolute atomic E-state index is 11.9. The quantitative estimate of drug-likeness (QED) is 0.567. The van der Waals surface area contributed by atoms with Crippen LogP contribution in [0.15, 0.2) is 24.3 Å². The van der Waals surface area contributed by atoms with Crippen LogP contribution < -0.4 is 5.32 Å². The maximum atomic E-state index is 11.9. The first-order valence-corrected chi connectivity index (χ1v) is 7.07. The van der Waals surface area contributed by atoms with Crippen molar-refractivity contribution < 1.29 is 19.6 Å². The molecule has 1 aliphatic heterocycles. The van der Waals surface area contributed by atoms with Gasteiger partial charge in [0.25, 0.3) is 11.6 Å². The zero-order valence-electron chi connectivity index (χ0n) is 12.1. The molecule has 0 radical (unpaired) electrons. The molecule has 1 amide bonds. The third-order valence-corrected chi connectivity index (χ3v) is 3.41. The minimum atomic E-state index is -0.667. The summed E-state index contributed by atoms with van der Waals surface area (Å²) in [5, 5.41) is 23.1. The average Bonchev–Trinajstić information content (AvgIpc) is 2.53. The molecule has 1 aliphatic rings. The van der Waals surface area contributed by atoms with Gasteiger partial charge in [-0.05, 0) is 12.1 Å². The van der Waals surface area contributed by atoms with Crippen LogP contribution in [0.5, 0.6) is 0 Å². The molecule has 120 valence electrons. The van der Waals surface area contributed by atoms with Gasteiger partial charge in [-0.25, -0.2) is 0 Å². The highest BCUT2D eigenvalue weighted by Crippen LogP contribution is 2.11. The Hall–Kier alpha value is -2.03. The van der Waals surface area contributed by atoms with Crippen LogP contribution in [0, 0.1) is 10.1 Å². The van der Waals surface area contributed by atoms with Crippen molar-refractivity contribution in [2.45, 2.75) is 6.10 Å². The first-order chi connectivity index (χ1) is 10.6. The molecule has 0 aromatic heterocycles. The molecule has 0 spiro atoms. The second-order valence-electron chi connectivity index (χ2n) is 5.08. The predicted molar refractivity (Wildman–Crippen MR) is 78.7 cm³/mol. The lowest BCUT2D eigenvalue weighted by Crippen LogP contribution is -2.44. The number of morpholine rings is 1. The predicted octanol–water partition coefficient (Wildman–Crippen LogP) is 0.0177. The molecule has 1 aromatic rings. The van der Waals surface area contributed by atoms with E-state index in [-0.39, 0.29) is 18.1 Å². The van der Waals surface area contributed by atoms with Gasteiger partial charge in [-0.15, -0.1) is 0 Å². The second kappa shape index (κ2) is 7.83. The standard InChI is InChI=1S/C14H19N3O5/c18-13(10-16-5-7-22-8-6-16)9-15-14(19)11-1-3-12(4-2-11)17(20)21/h1-4,13,18H,5-10H2,(H,15,19). The van der Waals surface area contributed by atoms with E-state index < -0.39 is 11.0 Å². The average molecular weight is 309 g/mol. The number of carbonyl (C=O) groups excluding carboxylic acids is 1. The third-order valence-electron chi connectivity index (χ3n) is 3.41. The van der Waals surface area contributed by atoms with Crippen molar-refractivity contribution in [2.24, 2.45) is 0 Å². The highest BCUT2D eigenvalue weighted by molar-refractivity contribution is 5.94. The summed E-state index contributed by atoms with van der Waals surface area (Å²) in [5.74, 6) is -0.365. The van der Waals surface area contributed by atoms with E-state index in [9.17, 15) is 20.0 Å². The fourth-order valence-corrected chi connectivity index (χ4v) is 2.19. The van der Waals surface area contributed by atoms with E-state index >= 15 is 0 Å². The Balaban J connectivity index is 1.77. The zero-order valence-corrected chi connectivity index (χ0v) is 12.1. The van der Waals surface area contributed by atoms with Crippen LogP contribution in [0.25, 0.3) is 0 Å². The Morgan fingerprint density at radius 1 is 1.36 bits per heavy atom. The lowest BCUT2D eigenvalue weighted by atomic mass is 10.2. The summed E-state index contributed by atoms with van der Waals surface area (Å²) in [7, 11) is 0. The maximum Gasteiger partial charge on any atom is 0.269 e. The number of benzene rings is 1. The molecule has 1 heterocycles. The summed E-state index contributed by atoms with van der Waals surface area (Å²) in [6.07, 6.45) is -0.667. The molecule has 2 rings (SSSR count). The molecule has 1 unspecified atom stereocenters. The Labute approximate surface area is 127 Å². The number of rotatable bonds is 6. The fraction of sp³-hybridized carbons (Fsp3) is 0.500. The van der Waals surface area contributed by atoms with Gasteiger partial charge in [-0.2, -0.15) is 0 Å². The Morgan fingerprint density at radius 3 is 2.59 bits per heavy atom. The summed E-state index contributed by atoms with van der Waals surface area (Å²) >= 11 is 0. The molecule has 0 saturated carbocycles. The van der Waals surface area contributed by atoms with Crippen LogP contribution in [0.1, 0.15) is 10.4 Å². The molecule has 1 atom stereocenters. The Kier molecular flexibility index (Phi) is 5.82. The zero-order chi connectivity index (χ0) is 15.9. The van der Waals surface area contributed by atoms with Crippen molar-refractivity contribution in [1.29, 1.82) is 0 Å². The van der Waals surface area contributed by atoms with E-state index in [0.717, 1.165) is 13.1 Å². The monoisotopic (exact) mass is 309 g/mol. The number of β-amino-alcohol motifs (C(OH)–C–C–N with tert-alkyl or cyclic N) is 1. The Bertz CT molecular complexity index is 514. The topological polar surface area (TPSA) is 105 Å². The van der Waals surface area contributed by atoms with E-state index in [0.29, 0.717) is 25.3 Å². The largest absolute Gasteiger partial charge is 0.390 e. The number of hydrogen-bond acceptors (Lipinski definition) is 6. The molecule has 8 nitrogen and oxygen atoms in total. The second-order valence-corrected chi connectivity index (χ2v) is 5.08. The number of amides is 1. The first kappa shape index (κ1) is 16.3. The first-order valence-electron chi connectivity index (χ1n) is 7.07. The summed E-state index contributed by atoms with van der Waals surface area (Å²) in [5.41, 5.74) is 0.257. The van der Waals surface area contributed by atoms with Gasteiger partial charge in [-0.1, -0.05) is 0 Å². The van der Waals surface area contributed by atoms with Crippen molar-refractivity contribution in [2.75, 3.05) is 39.4 Å². The number of nitrogens with one attached hydrogen (secondary N) is 1. The molecule has 0 aliphatic carbocycles. The van der Waals surface area contributed by atoms with Gasteiger partial charge in [0.15, 0.2) is 0 Å². The summed E-state index contributed by atoms with van der Waals surface area (Å²) < 4.78 is 5.22. The van der Waals surface area contributed by atoms with E-state index in [4.69, 9.17) is 4.74 Å². The Morgan fingerprint density at radius 2 is 2.00 bits per heavy atom. The van der Waals surface area contributed by atoms with Gasteiger partial charge >= 0.3 is 0 Å². The van der Waals surface area contributed by atoms with Gasteiger partial charge in [-0.3, -0.25) is 19.8 Å². The number of aliphatic hydroxyl groups is 1. The number of aliphatic hydroxyl groups excluding tert-OH is 1. The van der Waals surface area contributed by atoms with Crippen LogP contribution >= 0.6 is 0 Å². The van der Waals surface area contributed by atoms with E-state index in [1.165, 1.54) is 24.3 Å². The van der Waals surface area contributed by atoms with Gasteiger partial charge in [0, 0.05) is 43.9 Å². The molecule has 22 heavy (non-hydrogen) atoms. The molecule has 8 heteroatoms. The number of carbonyl (C=O) groups is 1. The molecule has 1 fully saturated rings. The number of nitro benzene ring substituents is 1. The lowest BCUT2D eigenvalue weighted by Gasteiger charge is -2.28. The summed E-state index contributed by atoms with van der Waals surface area (Å²) in [4.78, 5) is 24.0.